The monoisotopic (exact) mass is 449 g/mol. The number of hydrogen-bond donors (Lipinski definition) is 3. The van der Waals surface area contributed by atoms with Gasteiger partial charge in [0.05, 0.1) is 11.9 Å². The molecular weight excluding hydrogens is 422 g/mol. The zero-order chi connectivity index (χ0) is 23.4. The van der Waals surface area contributed by atoms with Gasteiger partial charge in [-0.25, -0.2) is 0 Å². The molecule has 5 rings (SSSR count). The SMILES string of the molecule is CC1=C(C(=O)Nc2cccnc2)C(c2ccc3c(c2)OCO3)C2=C(CCCC2=O)N1.CCO. The highest BCUT2D eigenvalue weighted by molar-refractivity contribution is 6.09. The summed E-state index contributed by atoms with van der Waals surface area (Å²) in [5.74, 6) is 0.631. The highest BCUT2D eigenvalue weighted by Gasteiger charge is 2.39. The third-order valence-electron chi connectivity index (χ3n) is 5.67. The lowest BCUT2D eigenvalue weighted by atomic mass is 9.75. The summed E-state index contributed by atoms with van der Waals surface area (Å²) in [6.07, 6.45) is 5.32. The summed E-state index contributed by atoms with van der Waals surface area (Å²) in [7, 11) is 0. The highest BCUT2D eigenvalue weighted by atomic mass is 16.7. The van der Waals surface area contributed by atoms with E-state index in [9.17, 15) is 9.59 Å². The molecule has 2 aliphatic heterocycles. The predicted octanol–water partition coefficient (Wildman–Crippen LogP) is 3.42. The molecule has 0 saturated heterocycles. The number of nitrogens with zero attached hydrogens (tertiary/aromatic N) is 1. The third-order valence-corrected chi connectivity index (χ3v) is 5.67. The highest BCUT2D eigenvalue weighted by Crippen LogP contribution is 2.45. The molecule has 8 heteroatoms. The van der Waals surface area contributed by atoms with E-state index >= 15 is 0 Å². The van der Waals surface area contributed by atoms with E-state index < -0.39 is 5.92 Å². The van der Waals surface area contributed by atoms with E-state index in [1.807, 2.05) is 25.1 Å². The van der Waals surface area contributed by atoms with Crippen LogP contribution in [0.15, 0.2) is 65.3 Å². The number of anilines is 1. The Balaban J connectivity index is 0.000000821. The number of aliphatic hydroxyl groups excluding tert-OH is 1. The number of amides is 1. The zero-order valence-corrected chi connectivity index (χ0v) is 18.7. The molecule has 1 amide bonds. The largest absolute Gasteiger partial charge is 0.454 e. The Morgan fingerprint density at radius 3 is 2.79 bits per heavy atom. The molecule has 3 aliphatic rings. The summed E-state index contributed by atoms with van der Waals surface area (Å²) in [6.45, 7) is 3.97. The molecule has 0 spiro atoms. The van der Waals surface area contributed by atoms with Crippen molar-refractivity contribution < 1.29 is 24.2 Å². The molecule has 1 aliphatic carbocycles. The number of aromatic nitrogens is 1. The quantitative estimate of drug-likeness (QED) is 0.659. The van der Waals surface area contributed by atoms with Crippen LogP contribution >= 0.6 is 0 Å². The average molecular weight is 450 g/mol. The molecule has 2 aromatic rings. The number of ether oxygens (including phenoxy) is 2. The third kappa shape index (κ3) is 4.61. The molecule has 0 fully saturated rings. The Bertz CT molecular complexity index is 1120. The summed E-state index contributed by atoms with van der Waals surface area (Å²) in [5.41, 5.74) is 4.27. The maximum absolute atomic E-state index is 13.3. The maximum Gasteiger partial charge on any atom is 0.254 e. The number of fused-ring (bicyclic) bond motifs is 1. The lowest BCUT2D eigenvalue weighted by molar-refractivity contribution is -0.116. The van der Waals surface area contributed by atoms with Crippen LogP contribution in [0.1, 0.15) is 44.6 Å². The van der Waals surface area contributed by atoms with Crippen LogP contribution in [0.3, 0.4) is 0 Å². The van der Waals surface area contributed by atoms with Crippen LogP contribution < -0.4 is 20.1 Å². The summed E-state index contributed by atoms with van der Waals surface area (Å²) in [6, 6.07) is 9.15. The molecule has 33 heavy (non-hydrogen) atoms. The van der Waals surface area contributed by atoms with E-state index in [0.717, 1.165) is 29.8 Å². The smallest absolute Gasteiger partial charge is 0.254 e. The van der Waals surface area contributed by atoms with Crippen LogP contribution in [0.5, 0.6) is 11.5 Å². The fourth-order valence-electron chi connectivity index (χ4n) is 4.35. The minimum absolute atomic E-state index is 0.0746. The molecule has 3 N–H and O–H groups in total. The number of hydrogen-bond acceptors (Lipinski definition) is 7. The van der Waals surface area contributed by atoms with Crippen LogP contribution in [0.2, 0.25) is 0 Å². The molecule has 8 nitrogen and oxygen atoms in total. The Morgan fingerprint density at radius 1 is 1.24 bits per heavy atom. The Hall–Kier alpha value is -3.65. The first-order valence-corrected chi connectivity index (χ1v) is 11.0. The van der Waals surface area contributed by atoms with Crippen molar-refractivity contribution in [2.24, 2.45) is 0 Å². The van der Waals surface area contributed by atoms with Crippen molar-refractivity contribution >= 4 is 17.4 Å². The van der Waals surface area contributed by atoms with Crippen molar-refractivity contribution in [2.45, 2.75) is 39.0 Å². The normalized spacial score (nSPS) is 18.8. The van der Waals surface area contributed by atoms with E-state index in [1.165, 1.54) is 0 Å². The van der Waals surface area contributed by atoms with Crippen molar-refractivity contribution in [1.29, 1.82) is 0 Å². The summed E-state index contributed by atoms with van der Waals surface area (Å²) in [5, 5.41) is 13.8. The van der Waals surface area contributed by atoms with Gasteiger partial charge in [-0.1, -0.05) is 6.07 Å². The Morgan fingerprint density at radius 2 is 2.03 bits per heavy atom. The van der Waals surface area contributed by atoms with Gasteiger partial charge in [0.25, 0.3) is 5.91 Å². The van der Waals surface area contributed by atoms with Crippen LogP contribution in [0, 0.1) is 0 Å². The summed E-state index contributed by atoms with van der Waals surface area (Å²) in [4.78, 5) is 30.4. The van der Waals surface area contributed by atoms with Crippen molar-refractivity contribution in [2.75, 3.05) is 18.7 Å². The first-order chi connectivity index (χ1) is 16.0. The molecular formula is C25H27N3O5. The molecule has 1 aromatic carbocycles. The summed E-state index contributed by atoms with van der Waals surface area (Å²) >= 11 is 0. The fourth-order valence-corrected chi connectivity index (χ4v) is 4.35. The van der Waals surface area contributed by atoms with Gasteiger partial charge in [-0.15, -0.1) is 0 Å². The molecule has 1 unspecified atom stereocenters. The lowest BCUT2D eigenvalue weighted by Gasteiger charge is -2.34. The van der Waals surface area contributed by atoms with Gasteiger partial charge in [-0.3, -0.25) is 14.6 Å². The van der Waals surface area contributed by atoms with Crippen molar-refractivity contribution in [3.8, 4) is 11.5 Å². The topological polar surface area (TPSA) is 110 Å². The van der Waals surface area contributed by atoms with Crippen molar-refractivity contribution in [3.63, 3.8) is 0 Å². The molecule has 1 aromatic heterocycles. The number of aliphatic hydroxyl groups is 1. The van der Waals surface area contributed by atoms with Crippen LogP contribution in [-0.4, -0.2) is 35.2 Å². The molecule has 0 saturated carbocycles. The van der Waals surface area contributed by atoms with Crippen LogP contribution in [0.25, 0.3) is 0 Å². The minimum Gasteiger partial charge on any atom is -0.454 e. The van der Waals surface area contributed by atoms with Gasteiger partial charge in [0.1, 0.15) is 0 Å². The van der Waals surface area contributed by atoms with Gasteiger partial charge in [-0.2, -0.15) is 0 Å². The first-order valence-electron chi connectivity index (χ1n) is 11.0. The molecule has 172 valence electrons. The fraction of sp³-hybridized carbons (Fsp3) is 0.320. The number of rotatable bonds is 3. The number of carbonyl (C=O) groups is 2. The van der Waals surface area contributed by atoms with Crippen molar-refractivity contribution in [3.05, 3.63) is 70.8 Å². The van der Waals surface area contributed by atoms with Gasteiger partial charge in [0, 0.05) is 47.7 Å². The Kier molecular flexibility index (Phi) is 6.74. The number of pyridine rings is 1. The first kappa shape index (κ1) is 22.5. The average Bonchev–Trinajstić information content (AvgIpc) is 3.27. The van der Waals surface area contributed by atoms with Crippen LogP contribution in [0.4, 0.5) is 5.69 Å². The number of dihydropyridines is 1. The van der Waals surface area contributed by atoms with Gasteiger partial charge in [-0.05, 0) is 56.5 Å². The number of allylic oxidation sites excluding steroid dienone is 3. The van der Waals surface area contributed by atoms with Gasteiger partial charge < -0.3 is 25.2 Å². The number of carbonyl (C=O) groups excluding carboxylic acids is 2. The standard InChI is InChI=1S/C23H21N3O4.C2H6O/c1-13-20(23(28)26-15-4-3-9-24-11-15)21(22-16(25-13)5-2-6-17(22)27)14-7-8-18-19(10-14)30-12-29-18;1-2-3/h3-4,7-11,21,25H,2,5-6,12H2,1H3,(H,26,28);3H,2H2,1H3. The minimum atomic E-state index is -0.472. The van der Waals surface area contributed by atoms with Gasteiger partial charge in [0.2, 0.25) is 6.79 Å². The number of ketones is 1. The molecule has 3 heterocycles. The maximum atomic E-state index is 13.3. The predicted molar refractivity (Wildman–Crippen MR) is 123 cm³/mol. The lowest BCUT2D eigenvalue weighted by Crippen LogP contribution is -2.35. The second kappa shape index (κ2) is 9.87. The summed E-state index contributed by atoms with van der Waals surface area (Å²) < 4.78 is 11.0. The van der Waals surface area contributed by atoms with E-state index in [0.29, 0.717) is 34.8 Å². The van der Waals surface area contributed by atoms with Gasteiger partial charge >= 0.3 is 0 Å². The zero-order valence-electron chi connectivity index (χ0n) is 18.7. The second-order valence-electron chi connectivity index (χ2n) is 7.89. The van der Waals surface area contributed by atoms with E-state index in [4.69, 9.17) is 14.6 Å². The number of Topliss-reactive ketones (excluding diaryl/α,β-unsaturated/α-hetero) is 1. The Labute approximate surface area is 192 Å². The van der Waals surface area contributed by atoms with Crippen LogP contribution in [-0.2, 0) is 9.59 Å². The van der Waals surface area contributed by atoms with E-state index in [-0.39, 0.29) is 25.1 Å². The second-order valence-corrected chi connectivity index (χ2v) is 7.89. The van der Waals surface area contributed by atoms with Crippen molar-refractivity contribution in [1.82, 2.24) is 10.3 Å². The van der Waals surface area contributed by atoms with E-state index in [1.54, 1.807) is 31.5 Å². The van der Waals surface area contributed by atoms with Gasteiger partial charge in [0.15, 0.2) is 17.3 Å². The number of nitrogens with one attached hydrogen (secondary N) is 2. The number of benzene rings is 1. The molecule has 0 radical (unpaired) electrons. The molecule has 1 atom stereocenters. The van der Waals surface area contributed by atoms with E-state index in [2.05, 4.69) is 15.6 Å². The molecule has 0 bridgehead atoms.